The SMILES string of the molecule is CCN(CC(=O)N1CCN(c2cccc(Cl)c2)CC1)Cc1ccc(N(C)C)cc1. The van der Waals surface area contributed by atoms with Crippen molar-refractivity contribution < 1.29 is 4.79 Å². The van der Waals surface area contributed by atoms with Crippen LogP contribution in [0.25, 0.3) is 0 Å². The molecule has 1 amide bonds. The smallest absolute Gasteiger partial charge is 0.236 e. The van der Waals surface area contributed by atoms with E-state index in [1.54, 1.807) is 0 Å². The Hall–Kier alpha value is -2.24. The van der Waals surface area contributed by atoms with Gasteiger partial charge >= 0.3 is 0 Å². The zero-order valence-electron chi connectivity index (χ0n) is 17.6. The molecule has 156 valence electrons. The van der Waals surface area contributed by atoms with Crippen LogP contribution in [-0.2, 0) is 11.3 Å². The summed E-state index contributed by atoms with van der Waals surface area (Å²) in [6, 6.07) is 16.5. The van der Waals surface area contributed by atoms with Gasteiger partial charge in [-0.25, -0.2) is 0 Å². The predicted octanol–water partition coefficient (Wildman–Crippen LogP) is 3.58. The molecule has 0 N–H and O–H groups in total. The second-order valence-corrected chi connectivity index (χ2v) is 8.15. The van der Waals surface area contributed by atoms with Gasteiger partial charge in [-0.1, -0.05) is 36.7 Å². The number of anilines is 2. The standard InChI is InChI=1S/C23H31ClN4O/c1-4-26(17-19-8-10-21(11-9-19)25(2)3)18-23(29)28-14-12-27(13-15-28)22-7-5-6-20(24)16-22/h5-11,16H,4,12-15,17-18H2,1-3H3. The fourth-order valence-electron chi connectivity index (χ4n) is 3.62. The van der Waals surface area contributed by atoms with E-state index in [0.717, 1.165) is 50.0 Å². The Labute approximate surface area is 179 Å². The Bertz CT molecular complexity index is 801. The van der Waals surface area contributed by atoms with Gasteiger partial charge in [-0.2, -0.15) is 0 Å². The molecule has 29 heavy (non-hydrogen) atoms. The third-order valence-corrected chi connectivity index (χ3v) is 5.71. The maximum Gasteiger partial charge on any atom is 0.236 e. The molecule has 1 heterocycles. The van der Waals surface area contributed by atoms with Crippen LogP contribution in [0.3, 0.4) is 0 Å². The van der Waals surface area contributed by atoms with Gasteiger partial charge in [0.25, 0.3) is 0 Å². The molecule has 0 unspecified atom stereocenters. The number of carbonyl (C=O) groups is 1. The number of hydrogen-bond donors (Lipinski definition) is 0. The average Bonchev–Trinajstić information content (AvgIpc) is 2.73. The van der Waals surface area contributed by atoms with Gasteiger partial charge in [0.15, 0.2) is 0 Å². The Balaban J connectivity index is 1.51. The summed E-state index contributed by atoms with van der Waals surface area (Å²) in [5.41, 5.74) is 3.54. The van der Waals surface area contributed by atoms with Crippen molar-refractivity contribution in [1.82, 2.24) is 9.80 Å². The van der Waals surface area contributed by atoms with Crippen LogP contribution in [0.2, 0.25) is 5.02 Å². The molecule has 0 spiro atoms. The van der Waals surface area contributed by atoms with Gasteiger partial charge in [-0.3, -0.25) is 9.69 Å². The third kappa shape index (κ3) is 5.87. The van der Waals surface area contributed by atoms with Crippen LogP contribution in [0, 0.1) is 0 Å². The lowest BCUT2D eigenvalue weighted by molar-refractivity contribution is -0.132. The molecule has 5 nitrogen and oxygen atoms in total. The normalized spacial score (nSPS) is 14.4. The maximum atomic E-state index is 12.8. The van der Waals surface area contributed by atoms with E-state index in [4.69, 9.17) is 11.6 Å². The summed E-state index contributed by atoms with van der Waals surface area (Å²) in [5, 5.41) is 0.748. The highest BCUT2D eigenvalue weighted by atomic mass is 35.5. The van der Waals surface area contributed by atoms with Gasteiger partial charge in [0.2, 0.25) is 5.91 Å². The van der Waals surface area contributed by atoms with E-state index in [1.165, 1.54) is 11.3 Å². The minimum atomic E-state index is 0.211. The van der Waals surface area contributed by atoms with Crippen molar-refractivity contribution in [3.63, 3.8) is 0 Å². The van der Waals surface area contributed by atoms with E-state index >= 15 is 0 Å². The molecule has 1 fully saturated rings. The molecule has 1 aliphatic rings. The topological polar surface area (TPSA) is 30.0 Å². The van der Waals surface area contributed by atoms with E-state index < -0.39 is 0 Å². The number of amides is 1. The molecule has 0 atom stereocenters. The number of piperazine rings is 1. The zero-order valence-corrected chi connectivity index (χ0v) is 18.4. The van der Waals surface area contributed by atoms with Gasteiger partial charge in [-0.15, -0.1) is 0 Å². The number of carbonyl (C=O) groups excluding carboxylic acids is 1. The van der Waals surface area contributed by atoms with Crippen LogP contribution < -0.4 is 9.80 Å². The summed E-state index contributed by atoms with van der Waals surface area (Å²) in [6.45, 7) is 7.39. The van der Waals surface area contributed by atoms with Crippen molar-refractivity contribution in [2.75, 3.05) is 63.2 Å². The van der Waals surface area contributed by atoms with Gasteiger partial charge in [0, 0.05) is 63.2 Å². The van der Waals surface area contributed by atoms with Crippen molar-refractivity contribution in [1.29, 1.82) is 0 Å². The highest BCUT2D eigenvalue weighted by molar-refractivity contribution is 6.30. The highest BCUT2D eigenvalue weighted by Gasteiger charge is 2.22. The Morgan fingerprint density at radius 1 is 1.03 bits per heavy atom. The molecule has 0 bridgehead atoms. The average molecular weight is 415 g/mol. The fraction of sp³-hybridized carbons (Fsp3) is 0.435. The molecule has 2 aromatic rings. The largest absolute Gasteiger partial charge is 0.378 e. The molecule has 0 saturated carbocycles. The van der Waals surface area contributed by atoms with E-state index in [9.17, 15) is 4.79 Å². The molecule has 0 radical (unpaired) electrons. The second-order valence-electron chi connectivity index (χ2n) is 7.71. The first-order chi connectivity index (χ1) is 14.0. The first-order valence-corrected chi connectivity index (χ1v) is 10.6. The molecule has 2 aromatic carbocycles. The molecule has 6 heteroatoms. The molecule has 0 aromatic heterocycles. The fourth-order valence-corrected chi connectivity index (χ4v) is 3.80. The van der Waals surface area contributed by atoms with Crippen LogP contribution in [0.5, 0.6) is 0 Å². The molecular weight excluding hydrogens is 384 g/mol. The summed E-state index contributed by atoms with van der Waals surface area (Å²) in [7, 11) is 4.08. The monoisotopic (exact) mass is 414 g/mol. The van der Waals surface area contributed by atoms with Gasteiger partial charge in [-0.05, 0) is 42.4 Å². The van der Waals surface area contributed by atoms with Crippen LogP contribution in [-0.4, -0.2) is 69.1 Å². The van der Waals surface area contributed by atoms with Crippen LogP contribution in [0.4, 0.5) is 11.4 Å². The quantitative estimate of drug-likeness (QED) is 0.692. The summed E-state index contributed by atoms with van der Waals surface area (Å²) in [5.74, 6) is 0.211. The van der Waals surface area contributed by atoms with E-state index in [1.807, 2.05) is 37.2 Å². The number of hydrogen-bond acceptors (Lipinski definition) is 4. The second kappa shape index (κ2) is 9.99. The van der Waals surface area contributed by atoms with Crippen LogP contribution >= 0.6 is 11.6 Å². The van der Waals surface area contributed by atoms with Gasteiger partial charge < -0.3 is 14.7 Å². The first kappa shape index (κ1) is 21.5. The van der Waals surface area contributed by atoms with E-state index in [0.29, 0.717) is 6.54 Å². The lowest BCUT2D eigenvalue weighted by Crippen LogP contribution is -2.51. The number of nitrogens with zero attached hydrogens (tertiary/aromatic N) is 4. The lowest BCUT2D eigenvalue weighted by atomic mass is 10.2. The van der Waals surface area contributed by atoms with Gasteiger partial charge in [0.05, 0.1) is 6.54 Å². The number of likely N-dealkylation sites (N-methyl/N-ethyl adjacent to an activating group) is 1. The van der Waals surface area contributed by atoms with Crippen molar-refractivity contribution in [2.24, 2.45) is 0 Å². The highest BCUT2D eigenvalue weighted by Crippen LogP contribution is 2.21. The predicted molar refractivity (Wildman–Crippen MR) is 122 cm³/mol. The van der Waals surface area contributed by atoms with Crippen LogP contribution in [0.15, 0.2) is 48.5 Å². The first-order valence-electron chi connectivity index (χ1n) is 10.2. The molecule has 1 saturated heterocycles. The maximum absolute atomic E-state index is 12.8. The lowest BCUT2D eigenvalue weighted by Gasteiger charge is -2.37. The van der Waals surface area contributed by atoms with Crippen molar-refractivity contribution in [2.45, 2.75) is 13.5 Å². The van der Waals surface area contributed by atoms with E-state index in [-0.39, 0.29) is 5.91 Å². The van der Waals surface area contributed by atoms with Crippen molar-refractivity contribution >= 4 is 28.9 Å². The Morgan fingerprint density at radius 3 is 2.31 bits per heavy atom. The van der Waals surface area contributed by atoms with E-state index in [2.05, 4.69) is 52.0 Å². The summed E-state index contributed by atoms with van der Waals surface area (Å²) < 4.78 is 0. The van der Waals surface area contributed by atoms with Crippen molar-refractivity contribution in [3.05, 3.63) is 59.1 Å². The molecular formula is C23H31ClN4O. The number of rotatable bonds is 7. The molecule has 3 rings (SSSR count). The summed E-state index contributed by atoms with van der Waals surface area (Å²) in [4.78, 5) is 21.4. The Kier molecular flexibility index (Phi) is 7.40. The van der Waals surface area contributed by atoms with Crippen LogP contribution in [0.1, 0.15) is 12.5 Å². The zero-order chi connectivity index (χ0) is 20.8. The Morgan fingerprint density at radius 2 is 1.72 bits per heavy atom. The summed E-state index contributed by atoms with van der Waals surface area (Å²) in [6.07, 6.45) is 0. The third-order valence-electron chi connectivity index (χ3n) is 5.47. The van der Waals surface area contributed by atoms with Crippen molar-refractivity contribution in [3.8, 4) is 0 Å². The minimum Gasteiger partial charge on any atom is -0.378 e. The van der Waals surface area contributed by atoms with Gasteiger partial charge in [0.1, 0.15) is 0 Å². The molecule has 1 aliphatic heterocycles. The number of benzene rings is 2. The molecule has 0 aliphatic carbocycles. The minimum absolute atomic E-state index is 0.211. The summed E-state index contributed by atoms with van der Waals surface area (Å²) >= 11 is 6.11. The number of halogens is 1.